The smallest absolute Gasteiger partial charge is 0.253 e. The molecule has 0 unspecified atom stereocenters. The lowest BCUT2D eigenvalue weighted by molar-refractivity contribution is -0.138. The highest BCUT2D eigenvalue weighted by Gasteiger charge is 2.38. The molecule has 44 heavy (non-hydrogen) atoms. The van der Waals surface area contributed by atoms with Gasteiger partial charge in [-0.3, -0.25) is 19.3 Å². The van der Waals surface area contributed by atoms with Crippen LogP contribution in [0.1, 0.15) is 70.3 Å². The number of rotatable bonds is 14. The Morgan fingerprint density at radius 3 is 2.34 bits per heavy atom. The number of benzene rings is 2. The second kappa shape index (κ2) is 14.5. The lowest BCUT2D eigenvalue weighted by atomic mass is 9.84. The molecule has 1 atom stereocenters. The van der Waals surface area contributed by atoms with Crippen molar-refractivity contribution in [3.63, 3.8) is 0 Å². The van der Waals surface area contributed by atoms with Crippen molar-refractivity contribution in [2.45, 2.75) is 65.5 Å². The highest BCUT2D eigenvalue weighted by Crippen LogP contribution is 2.40. The maximum atomic E-state index is 14.9. The van der Waals surface area contributed by atoms with Crippen molar-refractivity contribution in [3.8, 4) is 11.3 Å². The molecule has 8 nitrogen and oxygen atoms in total. The first-order valence-electron chi connectivity index (χ1n) is 15.1. The molecule has 0 saturated heterocycles. The first-order valence-corrected chi connectivity index (χ1v) is 15.1. The average Bonchev–Trinajstić information content (AvgIpc) is 3.53. The van der Waals surface area contributed by atoms with Crippen LogP contribution in [0.4, 0.5) is 8.78 Å². The molecule has 2 heterocycles. The van der Waals surface area contributed by atoms with Crippen LogP contribution in [0.2, 0.25) is 0 Å². The zero-order valence-corrected chi connectivity index (χ0v) is 25.6. The quantitative estimate of drug-likeness (QED) is 0.190. The summed E-state index contributed by atoms with van der Waals surface area (Å²) >= 11 is 0. The monoisotopic (exact) mass is 605 g/mol. The third-order valence-corrected chi connectivity index (χ3v) is 7.68. The van der Waals surface area contributed by atoms with E-state index in [4.69, 9.17) is 10.7 Å². The summed E-state index contributed by atoms with van der Waals surface area (Å²) in [7, 11) is 0. The van der Waals surface area contributed by atoms with Crippen LogP contribution >= 0.6 is 0 Å². The molecule has 0 saturated carbocycles. The Morgan fingerprint density at radius 1 is 0.977 bits per heavy atom. The van der Waals surface area contributed by atoms with Gasteiger partial charge in [-0.05, 0) is 55.0 Å². The molecule has 0 fully saturated rings. The Balaban J connectivity index is 1.63. The van der Waals surface area contributed by atoms with Crippen molar-refractivity contribution >= 4 is 17.7 Å². The van der Waals surface area contributed by atoms with E-state index in [2.05, 4.69) is 0 Å². The lowest BCUT2D eigenvalue weighted by Gasteiger charge is -2.40. The van der Waals surface area contributed by atoms with Gasteiger partial charge in [-0.15, -0.1) is 0 Å². The molecule has 4 rings (SSSR count). The molecule has 3 aromatic rings. The van der Waals surface area contributed by atoms with Gasteiger partial charge in [0, 0.05) is 50.0 Å². The fraction of sp³-hybridized carbons (Fsp3) is 0.412. The van der Waals surface area contributed by atoms with Crippen molar-refractivity contribution < 1.29 is 23.2 Å². The van der Waals surface area contributed by atoms with Crippen LogP contribution < -0.4 is 5.73 Å². The second-order valence-corrected chi connectivity index (χ2v) is 12.2. The van der Waals surface area contributed by atoms with E-state index in [0.29, 0.717) is 57.7 Å². The van der Waals surface area contributed by atoms with Gasteiger partial charge in [0.15, 0.2) is 0 Å². The standard InChI is InChI=1S/C34H41F2N5O3/c1-34(2,3)32(41(20-10-18-37)29(42)13-8-5-9-19-40-30(43)16-17-31(40)44)33-38-28(26-21-25(35)14-15-27(26)36)23-39(33)22-24-11-6-4-7-12-24/h4,6-7,11-12,14-17,21,23,32H,5,8-10,13,18-20,22,37H2,1-3H3/t32-/m0/s1. The van der Waals surface area contributed by atoms with Crippen LogP contribution in [-0.2, 0) is 20.9 Å². The van der Waals surface area contributed by atoms with Crippen LogP contribution in [0.3, 0.4) is 0 Å². The molecule has 234 valence electrons. The first kappa shape index (κ1) is 32.7. The van der Waals surface area contributed by atoms with Gasteiger partial charge in [-0.25, -0.2) is 13.8 Å². The Kier molecular flexibility index (Phi) is 10.8. The van der Waals surface area contributed by atoms with Gasteiger partial charge in [0.2, 0.25) is 5.91 Å². The number of imidazole rings is 1. The number of halogens is 2. The van der Waals surface area contributed by atoms with Crippen LogP contribution in [0.25, 0.3) is 11.3 Å². The van der Waals surface area contributed by atoms with Crippen LogP contribution in [0, 0.1) is 17.0 Å². The molecule has 3 amide bonds. The number of aromatic nitrogens is 2. The molecule has 2 N–H and O–H groups in total. The normalized spacial score (nSPS) is 14.0. The number of carbonyl (C=O) groups excluding carboxylic acids is 3. The van der Waals surface area contributed by atoms with Crippen LogP contribution in [0.5, 0.6) is 0 Å². The fourth-order valence-electron chi connectivity index (χ4n) is 5.55. The average molecular weight is 606 g/mol. The summed E-state index contributed by atoms with van der Waals surface area (Å²) in [4.78, 5) is 45.4. The predicted octanol–water partition coefficient (Wildman–Crippen LogP) is 5.63. The number of imide groups is 1. The minimum absolute atomic E-state index is 0.0516. The summed E-state index contributed by atoms with van der Waals surface area (Å²) < 4.78 is 31.0. The van der Waals surface area contributed by atoms with E-state index in [1.54, 1.807) is 6.20 Å². The maximum absolute atomic E-state index is 14.9. The Bertz CT molecular complexity index is 1480. The van der Waals surface area contributed by atoms with Gasteiger partial charge in [0.25, 0.3) is 11.8 Å². The van der Waals surface area contributed by atoms with Gasteiger partial charge < -0.3 is 15.2 Å². The van der Waals surface area contributed by atoms with E-state index in [1.807, 2.05) is 60.6 Å². The van der Waals surface area contributed by atoms with Gasteiger partial charge in [0.05, 0.1) is 11.7 Å². The van der Waals surface area contributed by atoms with Crippen LogP contribution in [0.15, 0.2) is 66.9 Å². The molecule has 2 aromatic carbocycles. The minimum Gasteiger partial charge on any atom is -0.332 e. The number of carbonyl (C=O) groups is 3. The third kappa shape index (κ3) is 8.05. The molecule has 1 aliphatic rings. The van der Waals surface area contributed by atoms with Crippen molar-refractivity contribution in [3.05, 3.63) is 89.9 Å². The predicted molar refractivity (Wildman–Crippen MR) is 165 cm³/mol. The van der Waals surface area contributed by atoms with E-state index in [9.17, 15) is 23.2 Å². The highest BCUT2D eigenvalue weighted by molar-refractivity contribution is 6.12. The Labute approximate surface area is 257 Å². The second-order valence-electron chi connectivity index (χ2n) is 12.2. The molecule has 0 bridgehead atoms. The first-order chi connectivity index (χ1) is 21.0. The van der Waals surface area contributed by atoms with Crippen molar-refractivity contribution in [1.29, 1.82) is 0 Å². The van der Waals surface area contributed by atoms with Gasteiger partial charge in [-0.1, -0.05) is 57.5 Å². The SMILES string of the molecule is CC(C)(C)[C@H](c1nc(-c2cc(F)ccc2F)cn1Cc1ccccc1)N(CCCN)C(=O)CCCCCN1C(=O)C=CC1=O. The fourth-order valence-corrected chi connectivity index (χ4v) is 5.55. The summed E-state index contributed by atoms with van der Waals surface area (Å²) in [5.41, 5.74) is 6.74. The van der Waals surface area contributed by atoms with Gasteiger partial charge >= 0.3 is 0 Å². The number of amides is 3. The topological polar surface area (TPSA) is 102 Å². The highest BCUT2D eigenvalue weighted by atomic mass is 19.1. The number of unbranched alkanes of at least 4 members (excludes halogenated alkanes) is 2. The van der Waals surface area contributed by atoms with Gasteiger partial charge in [-0.2, -0.15) is 0 Å². The van der Waals surface area contributed by atoms with E-state index < -0.39 is 23.1 Å². The van der Waals surface area contributed by atoms with E-state index >= 15 is 0 Å². The number of nitrogens with zero attached hydrogens (tertiary/aromatic N) is 4. The Morgan fingerprint density at radius 2 is 1.68 bits per heavy atom. The van der Waals surface area contributed by atoms with Gasteiger partial charge in [0.1, 0.15) is 17.5 Å². The summed E-state index contributed by atoms with van der Waals surface area (Å²) in [5, 5.41) is 0. The van der Waals surface area contributed by atoms with E-state index in [1.165, 1.54) is 17.1 Å². The summed E-state index contributed by atoms with van der Waals surface area (Å²) in [6.45, 7) is 7.63. The largest absolute Gasteiger partial charge is 0.332 e. The van der Waals surface area contributed by atoms with Crippen LogP contribution in [-0.4, -0.2) is 56.7 Å². The number of hydrogen-bond acceptors (Lipinski definition) is 5. The molecule has 0 spiro atoms. The maximum Gasteiger partial charge on any atom is 0.253 e. The molecule has 0 aliphatic carbocycles. The zero-order chi connectivity index (χ0) is 31.9. The zero-order valence-electron chi connectivity index (χ0n) is 25.6. The number of hydrogen-bond donors (Lipinski definition) is 1. The lowest BCUT2D eigenvalue weighted by Crippen LogP contribution is -2.43. The summed E-state index contributed by atoms with van der Waals surface area (Å²) in [5.74, 6) is -1.27. The van der Waals surface area contributed by atoms with Crippen molar-refractivity contribution in [1.82, 2.24) is 19.4 Å². The summed E-state index contributed by atoms with van der Waals surface area (Å²) in [6.07, 6.45) is 6.95. The van der Waals surface area contributed by atoms with Crippen molar-refractivity contribution in [2.24, 2.45) is 11.1 Å². The van der Waals surface area contributed by atoms with E-state index in [-0.39, 0.29) is 35.4 Å². The number of nitrogens with two attached hydrogens (primary N) is 1. The molecular formula is C34H41F2N5O3. The third-order valence-electron chi connectivity index (χ3n) is 7.68. The molecular weight excluding hydrogens is 564 g/mol. The molecule has 1 aromatic heterocycles. The Hall–Kier alpha value is -4.18. The molecule has 0 radical (unpaired) electrons. The minimum atomic E-state index is -0.584. The van der Waals surface area contributed by atoms with Crippen molar-refractivity contribution in [2.75, 3.05) is 19.6 Å². The molecule has 10 heteroatoms. The summed E-state index contributed by atoms with van der Waals surface area (Å²) in [6, 6.07) is 12.6. The molecule has 1 aliphatic heterocycles. The van der Waals surface area contributed by atoms with E-state index in [0.717, 1.165) is 23.8 Å².